The minimum atomic E-state index is -0.792. The van der Waals surface area contributed by atoms with Crippen LogP contribution in [0.4, 0.5) is 0 Å². The van der Waals surface area contributed by atoms with E-state index < -0.39 is 5.60 Å². The van der Waals surface area contributed by atoms with Crippen molar-refractivity contribution in [1.29, 1.82) is 0 Å². The highest BCUT2D eigenvalue weighted by atomic mass is 32.1. The van der Waals surface area contributed by atoms with Gasteiger partial charge >= 0.3 is 0 Å². The first-order valence-corrected chi connectivity index (χ1v) is 4.56. The van der Waals surface area contributed by atoms with E-state index in [-0.39, 0.29) is 0 Å². The summed E-state index contributed by atoms with van der Waals surface area (Å²) in [6, 6.07) is 1.86. The van der Waals surface area contributed by atoms with Gasteiger partial charge in [0.25, 0.3) is 0 Å². The van der Waals surface area contributed by atoms with E-state index in [1.54, 1.807) is 7.11 Å². The molecule has 0 amide bonds. The standard InChI is InChI=1S/C8H10O3S/c1-10-6-2-3-12-7(6)8(9)4-11-5-8/h2-3,9H,4-5H2,1H3. The molecule has 4 heteroatoms. The van der Waals surface area contributed by atoms with Gasteiger partial charge in [-0.2, -0.15) is 0 Å². The lowest BCUT2D eigenvalue weighted by Gasteiger charge is -2.35. The second kappa shape index (κ2) is 2.73. The average Bonchev–Trinajstić information content (AvgIpc) is 2.47. The van der Waals surface area contributed by atoms with Gasteiger partial charge in [-0.3, -0.25) is 0 Å². The van der Waals surface area contributed by atoms with Crippen LogP contribution in [0.15, 0.2) is 11.4 Å². The summed E-state index contributed by atoms with van der Waals surface area (Å²) in [4.78, 5) is 0.872. The quantitative estimate of drug-likeness (QED) is 0.748. The Kier molecular flexibility index (Phi) is 1.83. The van der Waals surface area contributed by atoms with E-state index in [4.69, 9.17) is 9.47 Å². The van der Waals surface area contributed by atoms with Gasteiger partial charge in [0.15, 0.2) is 0 Å². The van der Waals surface area contributed by atoms with Crippen LogP contribution in [-0.4, -0.2) is 25.4 Å². The predicted octanol–water partition coefficient (Wildman–Crippen LogP) is 0.974. The Bertz CT molecular complexity index is 278. The van der Waals surface area contributed by atoms with Gasteiger partial charge in [0.1, 0.15) is 11.4 Å². The zero-order valence-corrected chi connectivity index (χ0v) is 7.56. The fourth-order valence-electron chi connectivity index (χ4n) is 1.22. The van der Waals surface area contributed by atoms with Crippen molar-refractivity contribution in [3.63, 3.8) is 0 Å². The van der Waals surface area contributed by atoms with Gasteiger partial charge in [-0.25, -0.2) is 0 Å². The Labute approximate surface area is 74.5 Å². The SMILES string of the molecule is COc1ccsc1C1(O)COC1. The molecule has 0 spiro atoms. The first kappa shape index (κ1) is 8.04. The maximum atomic E-state index is 9.89. The number of ether oxygens (including phenoxy) is 2. The van der Waals surface area contributed by atoms with Crippen molar-refractivity contribution in [2.75, 3.05) is 20.3 Å². The molecule has 1 N–H and O–H groups in total. The lowest BCUT2D eigenvalue weighted by atomic mass is 10.00. The second-order valence-corrected chi connectivity index (χ2v) is 3.76. The molecular weight excluding hydrogens is 176 g/mol. The molecule has 0 aromatic carbocycles. The van der Waals surface area contributed by atoms with E-state index in [0.717, 1.165) is 10.6 Å². The topological polar surface area (TPSA) is 38.7 Å². The van der Waals surface area contributed by atoms with Gasteiger partial charge in [0.2, 0.25) is 0 Å². The minimum absolute atomic E-state index is 0.379. The Morgan fingerprint density at radius 2 is 2.42 bits per heavy atom. The second-order valence-electron chi connectivity index (χ2n) is 2.84. The lowest BCUT2D eigenvalue weighted by molar-refractivity contribution is -0.183. The summed E-state index contributed by atoms with van der Waals surface area (Å²) < 4.78 is 10.1. The molecule has 1 aromatic rings. The monoisotopic (exact) mass is 186 g/mol. The Morgan fingerprint density at radius 3 is 2.92 bits per heavy atom. The molecule has 2 heterocycles. The average molecular weight is 186 g/mol. The van der Waals surface area contributed by atoms with Crippen molar-refractivity contribution in [2.24, 2.45) is 0 Å². The van der Waals surface area contributed by atoms with E-state index in [1.165, 1.54) is 11.3 Å². The summed E-state index contributed by atoms with van der Waals surface area (Å²) in [6.45, 7) is 0.758. The van der Waals surface area contributed by atoms with Gasteiger partial charge in [0, 0.05) is 0 Å². The van der Waals surface area contributed by atoms with Crippen molar-refractivity contribution in [3.05, 3.63) is 16.3 Å². The zero-order valence-electron chi connectivity index (χ0n) is 6.74. The van der Waals surface area contributed by atoms with Crippen molar-refractivity contribution >= 4 is 11.3 Å². The fraction of sp³-hybridized carbons (Fsp3) is 0.500. The molecule has 1 aromatic heterocycles. The predicted molar refractivity (Wildman–Crippen MR) is 45.6 cm³/mol. The third-order valence-electron chi connectivity index (χ3n) is 1.95. The van der Waals surface area contributed by atoms with Crippen LogP contribution in [0, 0.1) is 0 Å². The van der Waals surface area contributed by atoms with Gasteiger partial charge in [0.05, 0.1) is 25.2 Å². The fourth-order valence-corrected chi connectivity index (χ4v) is 2.16. The number of methoxy groups -OCH3 is 1. The van der Waals surface area contributed by atoms with Crippen LogP contribution in [0.5, 0.6) is 5.75 Å². The molecule has 0 unspecified atom stereocenters. The number of hydrogen-bond acceptors (Lipinski definition) is 4. The largest absolute Gasteiger partial charge is 0.495 e. The molecule has 0 saturated carbocycles. The van der Waals surface area contributed by atoms with Gasteiger partial charge in [-0.15, -0.1) is 11.3 Å². The number of hydrogen-bond donors (Lipinski definition) is 1. The van der Waals surface area contributed by atoms with Crippen LogP contribution >= 0.6 is 11.3 Å². The number of thiophene rings is 1. The third kappa shape index (κ3) is 1.03. The van der Waals surface area contributed by atoms with Crippen LogP contribution in [0.1, 0.15) is 4.88 Å². The van der Waals surface area contributed by atoms with E-state index in [0.29, 0.717) is 13.2 Å². The molecule has 0 radical (unpaired) electrons. The van der Waals surface area contributed by atoms with Crippen molar-refractivity contribution in [2.45, 2.75) is 5.60 Å². The highest BCUT2D eigenvalue weighted by Gasteiger charge is 2.41. The van der Waals surface area contributed by atoms with Crippen LogP contribution in [0.3, 0.4) is 0 Å². The summed E-state index contributed by atoms with van der Waals surface area (Å²) in [6.07, 6.45) is 0. The summed E-state index contributed by atoms with van der Waals surface area (Å²) in [5.41, 5.74) is -0.792. The highest BCUT2D eigenvalue weighted by molar-refractivity contribution is 7.10. The maximum absolute atomic E-state index is 9.89. The molecule has 3 nitrogen and oxygen atoms in total. The van der Waals surface area contributed by atoms with Gasteiger partial charge in [-0.05, 0) is 11.4 Å². The molecule has 1 aliphatic rings. The van der Waals surface area contributed by atoms with Crippen LogP contribution in [-0.2, 0) is 10.3 Å². The molecule has 0 bridgehead atoms. The molecule has 1 saturated heterocycles. The number of rotatable bonds is 2. The summed E-state index contributed by atoms with van der Waals surface area (Å²) in [5, 5.41) is 11.8. The highest BCUT2D eigenvalue weighted by Crippen LogP contribution is 2.39. The molecular formula is C8H10O3S. The van der Waals surface area contributed by atoms with E-state index in [9.17, 15) is 5.11 Å². The summed E-state index contributed by atoms with van der Waals surface area (Å²) >= 11 is 1.50. The molecule has 1 aliphatic heterocycles. The van der Waals surface area contributed by atoms with Crippen LogP contribution < -0.4 is 4.74 Å². The Balaban J connectivity index is 2.31. The van der Waals surface area contributed by atoms with Crippen molar-refractivity contribution in [3.8, 4) is 5.75 Å². The van der Waals surface area contributed by atoms with Crippen LogP contribution in [0.25, 0.3) is 0 Å². The van der Waals surface area contributed by atoms with Crippen molar-refractivity contribution in [1.82, 2.24) is 0 Å². The Morgan fingerprint density at radius 1 is 1.67 bits per heavy atom. The first-order chi connectivity index (χ1) is 5.76. The van der Waals surface area contributed by atoms with E-state index >= 15 is 0 Å². The van der Waals surface area contributed by atoms with E-state index in [2.05, 4.69) is 0 Å². The minimum Gasteiger partial charge on any atom is -0.495 e. The molecule has 12 heavy (non-hydrogen) atoms. The molecule has 2 rings (SSSR count). The zero-order chi connectivity index (χ0) is 8.60. The molecule has 66 valence electrons. The molecule has 0 atom stereocenters. The number of aliphatic hydroxyl groups is 1. The third-order valence-corrected chi connectivity index (χ3v) is 3.04. The van der Waals surface area contributed by atoms with Crippen molar-refractivity contribution < 1.29 is 14.6 Å². The summed E-state index contributed by atoms with van der Waals surface area (Å²) in [5.74, 6) is 0.755. The van der Waals surface area contributed by atoms with E-state index in [1.807, 2.05) is 11.4 Å². The van der Waals surface area contributed by atoms with Crippen LogP contribution in [0.2, 0.25) is 0 Å². The Hall–Kier alpha value is -0.580. The van der Waals surface area contributed by atoms with Gasteiger partial charge < -0.3 is 14.6 Å². The first-order valence-electron chi connectivity index (χ1n) is 3.68. The smallest absolute Gasteiger partial charge is 0.149 e. The summed E-state index contributed by atoms with van der Waals surface area (Å²) in [7, 11) is 1.61. The van der Waals surface area contributed by atoms with Gasteiger partial charge in [-0.1, -0.05) is 0 Å². The normalized spacial score (nSPS) is 20.2. The lowest BCUT2D eigenvalue weighted by Crippen LogP contribution is -2.46. The molecule has 1 fully saturated rings. The maximum Gasteiger partial charge on any atom is 0.149 e. The molecule has 0 aliphatic carbocycles.